The fourth-order valence-electron chi connectivity index (χ4n) is 1.90. The lowest BCUT2D eigenvalue weighted by Crippen LogP contribution is -2.51. The van der Waals surface area contributed by atoms with E-state index in [-0.39, 0.29) is 0 Å². The van der Waals surface area contributed by atoms with Crippen molar-refractivity contribution >= 4 is 22.2 Å². The van der Waals surface area contributed by atoms with E-state index in [1.54, 1.807) is 0 Å². The van der Waals surface area contributed by atoms with Crippen molar-refractivity contribution in [3.8, 4) is 0 Å². The Morgan fingerprint density at radius 2 is 1.26 bits per heavy atom. The zero-order chi connectivity index (χ0) is 18.1. The molecule has 4 heteroatoms. The Morgan fingerprint density at radius 1 is 0.783 bits per heavy atom. The number of nitrogens with one attached hydrogen (secondary N) is 2. The Bertz CT molecular complexity index is 523. The third-order valence-corrected chi connectivity index (χ3v) is 15.4. The maximum absolute atomic E-state index is 3.92. The maximum Gasteiger partial charge on any atom is 0.152 e. The van der Waals surface area contributed by atoms with Gasteiger partial charge in [0, 0.05) is 12.2 Å². The molecule has 0 radical (unpaired) electrons. The van der Waals surface area contributed by atoms with Crippen LogP contribution in [0.3, 0.4) is 0 Å². The van der Waals surface area contributed by atoms with Crippen LogP contribution in [0.1, 0.15) is 47.1 Å². The van der Waals surface area contributed by atoms with Crippen molar-refractivity contribution in [1.82, 2.24) is 4.98 Å². The van der Waals surface area contributed by atoms with Gasteiger partial charge in [0.05, 0.1) is 0 Å². The molecule has 0 saturated carbocycles. The molecule has 132 valence electrons. The van der Waals surface area contributed by atoms with Gasteiger partial charge in [-0.2, -0.15) is 0 Å². The Kier molecular flexibility index (Phi) is 5.99. The Hall–Kier alpha value is -0.586. The third kappa shape index (κ3) is 5.20. The van der Waals surface area contributed by atoms with E-state index in [2.05, 4.69) is 102 Å². The van der Waals surface area contributed by atoms with Crippen LogP contribution in [0.2, 0.25) is 36.3 Å². The fraction of sp³-hybridized carbons (Fsp3) is 0.684. The minimum Gasteiger partial charge on any atom is -0.410 e. The normalized spacial score (nSPS) is 14.0. The third-order valence-electron chi connectivity index (χ3n) is 5.94. The number of hydrogen-bond donors (Lipinski definition) is 2. The standard InChI is InChI=1S/C19H38N2Si2/c1-18(2,3)22(7,8)20-15-16-13-11-12-14-17(16)21-23(9,10)19(4,5)6/h11-14,20-21H,15H2,1-10H3. The van der Waals surface area contributed by atoms with Gasteiger partial charge in [0.15, 0.2) is 8.24 Å². The average molecular weight is 351 g/mol. The van der Waals surface area contributed by atoms with Crippen molar-refractivity contribution in [2.24, 2.45) is 0 Å². The van der Waals surface area contributed by atoms with Crippen molar-refractivity contribution in [3.63, 3.8) is 0 Å². The molecule has 0 saturated heterocycles. The van der Waals surface area contributed by atoms with E-state index in [1.165, 1.54) is 11.3 Å². The van der Waals surface area contributed by atoms with Gasteiger partial charge in [-0.1, -0.05) is 85.9 Å². The summed E-state index contributed by atoms with van der Waals surface area (Å²) in [7, 11) is -3.03. The van der Waals surface area contributed by atoms with E-state index < -0.39 is 16.5 Å². The lowest BCUT2D eigenvalue weighted by molar-refractivity contribution is 0.684. The summed E-state index contributed by atoms with van der Waals surface area (Å²) in [5.74, 6) is 0. The summed E-state index contributed by atoms with van der Waals surface area (Å²) in [6.07, 6.45) is 0. The van der Waals surface area contributed by atoms with Gasteiger partial charge >= 0.3 is 0 Å². The quantitative estimate of drug-likeness (QED) is 0.618. The second-order valence-corrected chi connectivity index (χ2v) is 20.0. The molecule has 0 bridgehead atoms. The van der Waals surface area contributed by atoms with E-state index in [0.29, 0.717) is 10.1 Å². The molecule has 1 aromatic rings. The first-order valence-electron chi connectivity index (χ1n) is 8.78. The Labute approximate surface area is 146 Å². The zero-order valence-corrected chi connectivity index (χ0v) is 19.0. The van der Waals surface area contributed by atoms with E-state index in [9.17, 15) is 0 Å². The minimum absolute atomic E-state index is 0.326. The number of anilines is 1. The van der Waals surface area contributed by atoms with Gasteiger partial charge < -0.3 is 9.96 Å². The smallest absolute Gasteiger partial charge is 0.152 e. The highest BCUT2D eigenvalue weighted by atomic mass is 28.3. The van der Waals surface area contributed by atoms with Gasteiger partial charge in [-0.05, 0) is 21.7 Å². The molecule has 2 nitrogen and oxygen atoms in total. The Morgan fingerprint density at radius 3 is 1.74 bits per heavy atom. The van der Waals surface area contributed by atoms with Crippen molar-refractivity contribution in [3.05, 3.63) is 29.8 Å². The molecular formula is C19H38N2Si2. The van der Waals surface area contributed by atoms with Gasteiger partial charge in [0.25, 0.3) is 0 Å². The van der Waals surface area contributed by atoms with Crippen LogP contribution in [-0.2, 0) is 6.54 Å². The van der Waals surface area contributed by atoms with E-state index in [4.69, 9.17) is 0 Å². The van der Waals surface area contributed by atoms with Gasteiger partial charge in [0.1, 0.15) is 8.24 Å². The fourth-order valence-corrected chi connectivity index (χ4v) is 4.36. The monoisotopic (exact) mass is 350 g/mol. The zero-order valence-electron chi connectivity index (χ0n) is 17.0. The highest BCUT2D eigenvalue weighted by Crippen LogP contribution is 2.37. The van der Waals surface area contributed by atoms with Gasteiger partial charge in [-0.25, -0.2) is 0 Å². The first kappa shape index (κ1) is 20.5. The maximum atomic E-state index is 3.92. The summed E-state index contributed by atoms with van der Waals surface area (Å²) in [5, 5.41) is 0.682. The summed E-state index contributed by atoms with van der Waals surface area (Å²) in [6, 6.07) is 8.80. The van der Waals surface area contributed by atoms with E-state index in [0.717, 1.165) is 6.54 Å². The van der Waals surface area contributed by atoms with Crippen molar-refractivity contribution in [2.75, 3.05) is 4.98 Å². The summed E-state index contributed by atoms with van der Waals surface area (Å²) in [4.78, 5) is 7.81. The van der Waals surface area contributed by atoms with Crippen LogP contribution >= 0.6 is 0 Å². The molecular weight excluding hydrogens is 312 g/mol. The second kappa shape index (κ2) is 6.73. The molecule has 0 aromatic heterocycles. The summed E-state index contributed by atoms with van der Waals surface area (Å²) < 4.78 is 0. The van der Waals surface area contributed by atoms with Gasteiger partial charge in [-0.3, -0.25) is 0 Å². The highest BCUT2D eigenvalue weighted by Gasteiger charge is 2.37. The number of benzene rings is 1. The molecule has 0 heterocycles. The van der Waals surface area contributed by atoms with Crippen LogP contribution in [0.15, 0.2) is 24.3 Å². The number of hydrogen-bond acceptors (Lipinski definition) is 2. The van der Waals surface area contributed by atoms with Crippen molar-refractivity contribution < 1.29 is 0 Å². The van der Waals surface area contributed by atoms with E-state index in [1.807, 2.05) is 0 Å². The van der Waals surface area contributed by atoms with Crippen LogP contribution in [-0.4, -0.2) is 16.5 Å². The summed E-state index contributed by atoms with van der Waals surface area (Å²) in [6.45, 7) is 24.8. The minimum atomic E-state index is -1.56. The van der Waals surface area contributed by atoms with Crippen molar-refractivity contribution in [2.45, 2.75) is 84.4 Å². The molecule has 0 fully saturated rings. The second-order valence-electron chi connectivity index (χ2n) is 9.89. The number of rotatable bonds is 5. The van der Waals surface area contributed by atoms with Crippen LogP contribution in [0, 0.1) is 0 Å². The molecule has 2 N–H and O–H groups in total. The molecule has 23 heavy (non-hydrogen) atoms. The molecule has 0 aliphatic carbocycles. The van der Waals surface area contributed by atoms with Crippen LogP contribution < -0.4 is 9.96 Å². The Balaban J connectivity index is 2.96. The van der Waals surface area contributed by atoms with Crippen LogP contribution in [0.25, 0.3) is 0 Å². The molecule has 0 amide bonds. The molecule has 0 spiro atoms. The van der Waals surface area contributed by atoms with Crippen LogP contribution in [0.5, 0.6) is 0 Å². The topological polar surface area (TPSA) is 24.1 Å². The first-order chi connectivity index (χ1) is 10.2. The molecule has 0 atom stereocenters. The molecule has 0 aliphatic rings. The molecule has 1 aromatic carbocycles. The van der Waals surface area contributed by atoms with Crippen molar-refractivity contribution in [1.29, 1.82) is 0 Å². The van der Waals surface area contributed by atoms with Gasteiger partial charge in [0.2, 0.25) is 0 Å². The number of para-hydroxylation sites is 1. The predicted octanol–water partition coefficient (Wildman–Crippen LogP) is 6.20. The summed E-state index contributed by atoms with van der Waals surface area (Å²) >= 11 is 0. The van der Waals surface area contributed by atoms with Crippen LogP contribution in [0.4, 0.5) is 5.69 Å². The molecule has 0 unspecified atom stereocenters. The predicted molar refractivity (Wildman–Crippen MR) is 111 cm³/mol. The van der Waals surface area contributed by atoms with Gasteiger partial charge in [-0.15, -0.1) is 0 Å². The molecule has 1 rings (SSSR count). The first-order valence-corrected chi connectivity index (χ1v) is 14.8. The summed E-state index contributed by atoms with van der Waals surface area (Å²) in [5.41, 5.74) is 2.70. The highest BCUT2D eigenvalue weighted by molar-refractivity contribution is 6.83. The lowest BCUT2D eigenvalue weighted by Gasteiger charge is -2.39. The SMILES string of the molecule is CC(C)(C)[Si](C)(C)NCc1ccccc1N[Si](C)(C)C(C)(C)C. The molecule has 0 aliphatic heterocycles. The van der Waals surface area contributed by atoms with E-state index >= 15 is 0 Å². The largest absolute Gasteiger partial charge is 0.410 e. The lowest BCUT2D eigenvalue weighted by atomic mass is 10.2. The average Bonchev–Trinajstić information content (AvgIpc) is 2.34.